The van der Waals surface area contributed by atoms with Crippen molar-refractivity contribution in [1.82, 2.24) is 20.1 Å². The van der Waals surface area contributed by atoms with Crippen LogP contribution in [0.25, 0.3) is 0 Å². The molecule has 0 saturated carbocycles. The van der Waals surface area contributed by atoms with Gasteiger partial charge < -0.3 is 20.0 Å². The highest BCUT2D eigenvalue weighted by Gasteiger charge is 2.31. The maximum atomic E-state index is 6.07. The summed E-state index contributed by atoms with van der Waals surface area (Å²) in [6, 6.07) is -0.362. The molecule has 110 valence electrons. The zero-order valence-electron chi connectivity index (χ0n) is 12.1. The monoisotopic (exact) mass is 279 g/mol. The van der Waals surface area contributed by atoms with Crippen LogP contribution < -0.4 is 5.73 Å². The molecular formula is C13H21N5O2. The summed E-state index contributed by atoms with van der Waals surface area (Å²) in [7, 11) is 0. The lowest BCUT2D eigenvalue weighted by molar-refractivity contribution is -0.0403. The van der Waals surface area contributed by atoms with Crippen LogP contribution in [0.1, 0.15) is 50.6 Å². The molecule has 2 rings (SSSR count). The number of rotatable bonds is 7. The first kappa shape index (κ1) is 14.7. The predicted octanol–water partition coefficient (Wildman–Crippen LogP) is 1.70. The first-order chi connectivity index (χ1) is 9.59. The Morgan fingerprint density at radius 2 is 2.30 bits per heavy atom. The molecule has 2 aromatic rings. The number of nitrogens with zero attached hydrogens (tertiary/aromatic N) is 3. The van der Waals surface area contributed by atoms with Gasteiger partial charge in [-0.3, -0.25) is 0 Å². The number of imidazole rings is 1. The van der Waals surface area contributed by atoms with E-state index < -0.39 is 5.60 Å². The van der Waals surface area contributed by atoms with Crippen molar-refractivity contribution in [3.05, 3.63) is 29.9 Å². The third-order valence-electron chi connectivity index (χ3n) is 3.36. The number of nitrogens with one attached hydrogen (secondary N) is 1. The van der Waals surface area contributed by atoms with E-state index in [0.717, 1.165) is 12.1 Å². The van der Waals surface area contributed by atoms with Gasteiger partial charge in [0.15, 0.2) is 0 Å². The highest BCUT2D eigenvalue weighted by Crippen LogP contribution is 2.27. The molecule has 20 heavy (non-hydrogen) atoms. The summed E-state index contributed by atoms with van der Waals surface area (Å²) >= 11 is 0. The van der Waals surface area contributed by atoms with Gasteiger partial charge in [0.2, 0.25) is 11.7 Å². The van der Waals surface area contributed by atoms with Gasteiger partial charge in [-0.15, -0.1) is 0 Å². The van der Waals surface area contributed by atoms with E-state index in [1.165, 1.54) is 0 Å². The molecule has 2 atom stereocenters. The summed E-state index contributed by atoms with van der Waals surface area (Å²) in [5, 5.41) is 4.01. The molecule has 0 spiro atoms. The predicted molar refractivity (Wildman–Crippen MR) is 72.8 cm³/mol. The van der Waals surface area contributed by atoms with Gasteiger partial charge >= 0.3 is 0 Å². The minimum absolute atomic E-state index is 0.362. The Morgan fingerprint density at radius 1 is 1.50 bits per heavy atom. The summed E-state index contributed by atoms with van der Waals surface area (Å²) in [5.74, 6) is 0.950. The van der Waals surface area contributed by atoms with Crippen LogP contribution in [0.2, 0.25) is 0 Å². The van der Waals surface area contributed by atoms with E-state index in [-0.39, 0.29) is 6.04 Å². The van der Waals surface area contributed by atoms with Crippen molar-refractivity contribution < 1.29 is 9.26 Å². The van der Waals surface area contributed by atoms with E-state index in [1.54, 1.807) is 12.5 Å². The summed E-state index contributed by atoms with van der Waals surface area (Å²) in [6.07, 6.45) is 4.67. The van der Waals surface area contributed by atoms with Gasteiger partial charge in [0.25, 0.3) is 0 Å². The molecule has 7 heteroatoms. The average Bonchev–Trinajstić information content (AvgIpc) is 3.09. The van der Waals surface area contributed by atoms with Crippen LogP contribution in [0.4, 0.5) is 0 Å². The second kappa shape index (κ2) is 6.15. The zero-order valence-corrected chi connectivity index (χ0v) is 12.1. The molecule has 0 aliphatic heterocycles. The summed E-state index contributed by atoms with van der Waals surface area (Å²) < 4.78 is 11.0. The van der Waals surface area contributed by atoms with Crippen molar-refractivity contribution >= 4 is 0 Å². The number of hydrogen-bond donors (Lipinski definition) is 2. The SMILES string of the molecule is CCOC(C)(CC)c1noc([C@@H](N)Cc2cnc[nH]2)n1. The van der Waals surface area contributed by atoms with Gasteiger partial charge in [0.1, 0.15) is 5.60 Å². The molecule has 0 fully saturated rings. The van der Waals surface area contributed by atoms with Crippen molar-refractivity contribution in [2.75, 3.05) is 6.61 Å². The Morgan fingerprint density at radius 3 is 2.90 bits per heavy atom. The summed E-state index contributed by atoms with van der Waals surface area (Å²) in [5.41, 5.74) is 6.47. The maximum absolute atomic E-state index is 6.07. The van der Waals surface area contributed by atoms with E-state index >= 15 is 0 Å². The number of H-pyrrole nitrogens is 1. The van der Waals surface area contributed by atoms with E-state index in [4.69, 9.17) is 15.0 Å². The van der Waals surface area contributed by atoms with E-state index in [1.807, 2.05) is 20.8 Å². The highest BCUT2D eigenvalue weighted by molar-refractivity contribution is 5.05. The zero-order chi connectivity index (χ0) is 14.6. The molecule has 2 heterocycles. The van der Waals surface area contributed by atoms with Crippen LogP contribution in [0.3, 0.4) is 0 Å². The number of nitrogens with two attached hydrogens (primary N) is 1. The van der Waals surface area contributed by atoms with Crippen LogP contribution >= 0.6 is 0 Å². The average molecular weight is 279 g/mol. The van der Waals surface area contributed by atoms with Gasteiger partial charge in [-0.1, -0.05) is 12.1 Å². The third kappa shape index (κ3) is 3.05. The second-order valence-corrected chi connectivity index (χ2v) is 4.86. The molecule has 0 aliphatic rings. The minimum Gasteiger partial charge on any atom is -0.367 e. The Hall–Kier alpha value is -1.73. The van der Waals surface area contributed by atoms with Crippen molar-refractivity contribution in [3.8, 4) is 0 Å². The van der Waals surface area contributed by atoms with Crippen molar-refractivity contribution in [2.24, 2.45) is 5.73 Å². The lowest BCUT2D eigenvalue weighted by Crippen LogP contribution is -2.27. The standard InChI is InChI=1S/C13H21N5O2/c1-4-13(3,19-5-2)12-17-11(20-18-12)10(14)6-9-7-15-8-16-9/h7-8,10H,4-6,14H2,1-3H3,(H,15,16)/t10-,13?/m0/s1. The van der Waals surface area contributed by atoms with Crippen LogP contribution in [0.15, 0.2) is 17.0 Å². The van der Waals surface area contributed by atoms with Crippen molar-refractivity contribution in [3.63, 3.8) is 0 Å². The molecule has 0 saturated heterocycles. The topological polar surface area (TPSA) is 103 Å². The molecule has 0 bridgehead atoms. The van der Waals surface area contributed by atoms with Crippen molar-refractivity contribution in [1.29, 1.82) is 0 Å². The lowest BCUT2D eigenvalue weighted by Gasteiger charge is -2.23. The third-order valence-corrected chi connectivity index (χ3v) is 3.36. The molecule has 0 amide bonds. The van der Waals surface area contributed by atoms with Gasteiger partial charge in [-0.25, -0.2) is 4.98 Å². The van der Waals surface area contributed by atoms with Gasteiger partial charge in [-0.05, 0) is 20.3 Å². The summed E-state index contributed by atoms with van der Waals surface area (Å²) in [6.45, 7) is 6.51. The molecule has 0 radical (unpaired) electrons. The van der Waals surface area contributed by atoms with Gasteiger partial charge in [0.05, 0.1) is 12.4 Å². The van der Waals surface area contributed by atoms with E-state index in [9.17, 15) is 0 Å². The molecule has 1 unspecified atom stereocenters. The highest BCUT2D eigenvalue weighted by atomic mass is 16.5. The van der Waals surface area contributed by atoms with Crippen LogP contribution in [-0.2, 0) is 16.8 Å². The molecule has 0 aliphatic carbocycles. The van der Waals surface area contributed by atoms with E-state index in [2.05, 4.69) is 20.1 Å². The van der Waals surface area contributed by atoms with E-state index in [0.29, 0.717) is 24.7 Å². The molecular weight excluding hydrogens is 258 g/mol. The molecule has 2 aromatic heterocycles. The van der Waals surface area contributed by atoms with Crippen LogP contribution in [-0.4, -0.2) is 26.7 Å². The number of ether oxygens (including phenoxy) is 1. The normalized spacial score (nSPS) is 16.0. The van der Waals surface area contributed by atoms with Gasteiger partial charge in [0, 0.05) is 24.9 Å². The molecule has 0 aromatic carbocycles. The Bertz CT molecular complexity index is 525. The fraction of sp³-hybridized carbons (Fsp3) is 0.615. The van der Waals surface area contributed by atoms with Crippen LogP contribution in [0.5, 0.6) is 0 Å². The Balaban J connectivity index is 2.11. The molecule has 3 N–H and O–H groups in total. The first-order valence-electron chi connectivity index (χ1n) is 6.80. The minimum atomic E-state index is -0.537. The summed E-state index contributed by atoms with van der Waals surface area (Å²) in [4.78, 5) is 11.3. The maximum Gasteiger partial charge on any atom is 0.244 e. The Labute approximate surface area is 117 Å². The number of aromatic amines is 1. The first-order valence-corrected chi connectivity index (χ1v) is 6.80. The lowest BCUT2D eigenvalue weighted by atomic mass is 10.0. The van der Waals surface area contributed by atoms with Gasteiger partial charge in [-0.2, -0.15) is 4.98 Å². The van der Waals surface area contributed by atoms with Crippen molar-refractivity contribution in [2.45, 2.75) is 45.3 Å². The fourth-order valence-corrected chi connectivity index (χ4v) is 1.96. The number of hydrogen-bond acceptors (Lipinski definition) is 6. The largest absolute Gasteiger partial charge is 0.367 e. The smallest absolute Gasteiger partial charge is 0.244 e. The molecule has 7 nitrogen and oxygen atoms in total. The second-order valence-electron chi connectivity index (χ2n) is 4.86. The fourth-order valence-electron chi connectivity index (χ4n) is 1.96. The quantitative estimate of drug-likeness (QED) is 0.799. The number of aromatic nitrogens is 4. The van der Waals surface area contributed by atoms with Crippen LogP contribution in [0, 0.1) is 0 Å². The Kier molecular flexibility index (Phi) is 4.51.